The lowest BCUT2D eigenvalue weighted by molar-refractivity contribution is 1.03. The monoisotopic (exact) mass is 262 g/mol. The fraction of sp³-hybridized carbons (Fsp3) is 0.300. The van der Waals surface area contributed by atoms with Crippen LogP contribution in [0.2, 0.25) is 0 Å². The molecule has 20 heavy (non-hydrogen) atoms. The van der Waals surface area contributed by atoms with Gasteiger partial charge in [-0.05, 0) is 59.6 Å². The van der Waals surface area contributed by atoms with Crippen LogP contribution in [0.5, 0.6) is 0 Å². The standard InChI is InChI=1S/C20H22/c1-4-15-7-9-17(10-8-15)18-11-6-14(3)19-12-16(5-2)13-20(18)19/h6-11,13H,4-5,12H2,1-3H3. The van der Waals surface area contributed by atoms with Gasteiger partial charge in [-0.1, -0.05) is 61.9 Å². The van der Waals surface area contributed by atoms with E-state index < -0.39 is 0 Å². The molecule has 0 nitrogen and oxygen atoms in total. The molecule has 0 radical (unpaired) electrons. The number of rotatable bonds is 3. The Morgan fingerprint density at radius 1 is 0.900 bits per heavy atom. The highest BCUT2D eigenvalue weighted by atomic mass is 14.2. The molecule has 0 aliphatic heterocycles. The van der Waals surface area contributed by atoms with Crippen LogP contribution >= 0.6 is 0 Å². The number of hydrogen-bond acceptors (Lipinski definition) is 0. The van der Waals surface area contributed by atoms with Gasteiger partial charge in [-0.15, -0.1) is 0 Å². The average molecular weight is 262 g/mol. The summed E-state index contributed by atoms with van der Waals surface area (Å²) in [6.07, 6.45) is 5.80. The first-order valence-corrected chi connectivity index (χ1v) is 7.64. The van der Waals surface area contributed by atoms with E-state index >= 15 is 0 Å². The van der Waals surface area contributed by atoms with Crippen molar-refractivity contribution < 1.29 is 0 Å². The second-order valence-electron chi connectivity index (χ2n) is 5.71. The summed E-state index contributed by atoms with van der Waals surface area (Å²) in [5.41, 5.74) is 10.1. The molecule has 0 saturated heterocycles. The molecule has 0 unspecified atom stereocenters. The Kier molecular flexibility index (Phi) is 3.48. The summed E-state index contributed by atoms with van der Waals surface area (Å²) in [7, 11) is 0. The number of aryl methyl sites for hydroxylation is 2. The summed E-state index contributed by atoms with van der Waals surface area (Å²) >= 11 is 0. The number of fused-ring (bicyclic) bond motifs is 1. The van der Waals surface area contributed by atoms with Gasteiger partial charge in [0.2, 0.25) is 0 Å². The minimum absolute atomic E-state index is 1.10. The molecule has 0 fully saturated rings. The topological polar surface area (TPSA) is 0 Å². The number of benzene rings is 2. The normalized spacial score (nSPS) is 13.2. The molecule has 0 saturated carbocycles. The van der Waals surface area contributed by atoms with Crippen LogP contribution in [0.1, 0.15) is 42.5 Å². The van der Waals surface area contributed by atoms with Crippen LogP contribution in [-0.2, 0) is 12.8 Å². The van der Waals surface area contributed by atoms with Crippen LogP contribution < -0.4 is 0 Å². The maximum atomic E-state index is 2.41. The van der Waals surface area contributed by atoms with Gasteiger partial charge in [0.25, 0.3) is 0 Å². The van der Waals surface area contributed by atoms with Crippen molar-refractivity contribution >= 4 is 6.08 Å². The quantitative estimate of drug-likeness (QED) is 0.678. The number of hydrogen-bond donors (Lipinski definition) is 0. The molecule has 102 valence electrons. The van der Waals surface area contributed by atoms with Crippen LogP contribution in [0.15, 0.2) is 42.0 Å². The molecular weight excluding hydrogens is 240 g/mol. The van der Waals surface area contributed by atoms with E-state index in [1.165, 1.54) is 33.4 Å². The van der Waals surface area contributed by atoms with Gasteiger partial charge >= 0.3 is 0 Å². The van der Waals surface area contributed by atoms with Crippen molar-refractivity contribution in [3.63, 3.8) is 0 Å². The molecular formula is C20H22. The molecule has 0 amide bonds. The molecule has 0 atom stereocenters. The van der Waals surface area contributed by atoms with E-state index in [2.05, 4.69) is 63.2 Å². The summed E-state index contributed by atoms with van der Waals surface area (Å²) in [4.78, 5) is 0. The van der Waals surface area contributed by atoms with Gasteiger partial charge in [-0.2, -0.15) is 0 Å². The van der Waals surface area contributed by atoms with E-state index in [9.17, 15) is 0 Å². The zero-order valence-corrected chi connectivity index (χ0v) is 12.7. The van der Waals surface area contributed by atoms with Crippen molar-refractivity contribution in [1.82, 2.24) is 0 Å². The van der Waals surface area contributed by atoms with E-state index in [-0.39, 0.29) is 0 Å². The van der Waals surface area contributed by atoms with Crippen LogP contribution in [0.3, 0.4) is 0 Å². The Morgan fingerprint density at radius 2 is 1.65 bits per heavy atom. The Balaban J connectivity index is 2.10. The molecule has 0 bridgehead atoms. The Morgan fingerprint density at radius 3 is 2.30 bits per heavy atom. The Labute approximate surface area is 122 Å². The maximum Gasteiger partial charge on any atom is -0.00551 e. The zero-order valence-electron chi connectivity index (χ0n) is 12.7. The zero-order chi connectivity index (χ0) is 14.1. The van der Waals surface area contributed by atoms with E-state index in [0.717, 1.165) is 19.3 Å². The molecule has 1 aliphatic rings. The lowest BCUT2D eigenvalue weighted by atomic mass is 9.93. The van der Waals surface area contributed by atoms with E-state index in [0.29, 0.717) is 0 Å². The largest absolute Gasteiger partial charge is 0.0654 e. The first-order chi connectivity index (χ1) is 9.72. The highest BCUT2D eigenvalue weighted by Gasteiger charge is 2.17. The second-order valence-corrected chi connectivity index (χ2v) is 5.71. The van der Waals surface area contributed by atoms with Crippen LogP contribution in [0.4, 0.5) is 0 Å². The van der Waals surface area contributed by atoms with Crippen LogP contribution in [0.25, 0.3) is 17.2 Å². The number of allylic oxidation sites excluding steroid dienone is 1. The van der Waals surface area contributed by atoms with Crippen molar-refractivity contribution in [2.75, 3.05) is 0 Å². The van der Waals surface area contributed by atoms with Gasteiger partial charge in [0.1, 0.15) is 0 Å². The third-order valence-electron chi connectivity index (χ3n) is 4.47. The molecule has 0 N–H and O–H groups in total. The van der Waals surface area contributed by atoms with E-state index in [1.54, 1.807) is 5.57 Å². The molecule has 0 aromatic heterocycles. The lowest BCUT2D eigenvalue weighted by Crippen LogP contribution is -1.92. The van der Waals surface area contributed by atoms with Crippen molar-refractivity contribution in [2.24, 2.45) is 0 Å². The summed E-state index contributed by atoms with van der Waals surface area (Å²) in [5, 5.41) is 0. The molecule has 2 aromatic rings. The van der Waals surface area contributed by atoms with Crippen molar-refractivity contribution in [1.29, 1.82) is 0 Å². The highest BCUT2D eigenvalue weighted by molar-refractivity contribution is 5.81. The summed E-state index contributed by atoms with van der Waals surface area (Å²) in [6.45, 7) is 6.69. The lowest BCUT2D eigenvalue weighted by Gasteiger charge is -2.11. The minimum atomic E-state index is 1.10. The molecule has 3 rings (SSSR count). The fourth-order valence-corrected chi connectivity index (χ4v) is 3.05. The predicted molar refractivity (Wildman–Crippen MR) is 88.0 cm³/mol. The third kappa shape index (κ3) is 2.20. The smallest absolute Gasteiger partial charge is 0.00551 e. The second kappa shape index (κ2) is 5.28. The highest BCUT2D eigenvalue weighted by Crippen LogP contribution is 2.36. The van der Waals surface area contributed by atoms with E-state index in [1.807, 2.05) is 0 Å². The SMILES string of the molecule is CCC1=Cc2c(-c3ccc(CC)cc3)ccc(C)c2C1. The van der Waals surface area contributed by atoms with Gasteiger partial charge < -0.3 is 0 Å². The van der Waals surface area contributed by atoms with Crippen molar-refractivity contribution in [3.8, 4) is 11.1 Å². The fourth-order valence-electron chi connectivity index (χ4n) is 3.05. The van der Waals surface area contributed by atoms with Gasteiger partial charge in [0, 0.05) is 0 Å². The van der Waals surface area contributed by atoms with Gasteiger partial charge in [-0.3, -0.25) is 0 Å². The predicted octanol–water partition coefficient (Wildman–Crippen LogP) is 5.57. The molecule has 0 heterocycles. The molecule has 0 heteroatoms. The summed E-state index contributed by atoms with van der Waals surface area (Å²) in [5.74, 6) is 0. The maximum absolute atomic E-state index is 2.41. The van der Waals surface area contributed by atoms with Crippen molar-refractivity contribution in [3.05, 3.63) is 64.2 Å². The minimum Gasteiger partial charge on any atom is -0.0654 e. The summed E-state index contributed by atoms with van der Waals surface area (Å²) < 4.78 is 0. The third-order valence-corrected chi connectivity index (χ3v) is 4.47. The van der Waals surface area contributed by atoms with Crippen LogP contribution in [0, 0.1) is 6.92 Å². The van der Waals surface area contributed by atoms with Gasteiger partial charge in [-0.25, -0.2) is 0 Å². The molecule has 1 aliphatic carbocycles. The van der Waals surface area contributed by atoms with Gasteiger partial charge in [0.05, 0.1) is 0 Å². The Hall–Kier alpha value is -1.82. The van der Waals surface area contributed by atoms with Crippen LogP contribution in [-0.4, -0.2) is 0 Å². The first kappa shape index (κ1) is 13.2. The van der Waals surface area contributed by atoms with Crippen molar-refractivity contribution in [2.45, 2.75) is 40.0 Å². The van der Waals surface area contributed by atoms with Gasteiger partial charge in [0.15, 0.2) is 0 Å². The summed E-state index contributed by atoms with van der Waals surface area (Å²) in [6, 6.07) is 13.6. The van der Waals surface area contributed by atoms with E-state index in [4.69, 9.17) is 0 Å². The molecule has 2 aromatic carbocycles. The Bertz CT molecular complexity index is 657. The average Bonchev–Trinajstić information content (AvgIpc) is 2.93. The molecule has 0 spiro atoms. The first-order valence-electron chi connectivity index (χ1n) is 7.64.